The molecule has 0 fully saturated rings. The SMILES string of the molecule is CCCCCC=CCC=CCC=CCC=CCCCC(=O)NCCCN(C)C. The molecule has 0 saturated carbocycles. The lowest BCUT2D eigenvalue weighted by atomic mass is 10.2. The van der Waals surface area contributed by atoms with Gasteiger partial charge in [0, 0.05) is 13.0 Å². The van der Waals surface area contributed by atoms with Gasteiger partial charge in [-0.25, -0.2) is 0 Å². The van der Waals surface area contributed by atoms with Gasteiger partial charge in [-0.05, 0) is 72.0 Å². The van der Waals surface area contributed by atoms with E-state index in [4.69, 9.17) is 0 Å². The summed E-state index contributed by atoms with van der Waals surface area (Å²) in [4.78, 5) is 13.8. The predicted octanol–water partition coefficient (Wildman–Crippen LogP) is 6.20. The Hall–Kier alpha value is -1.61. The van der Waals surface area contributed by atoms with Gasteiger partial charge in [0.2, 0.25) is 5.91 Å². The van der Waals surface area contributed by atoms with Crippen molar-refractivity contribution in [2.75, 3.05) is 27.2 Å². The highest BCUT2D eigenvalue weighted by atomic mass is 16.1. The summed E-state index contributed by atoms with van der Waals surface area (Å²) in [5.74, 6) is 0.176. The van der Waals surface area contributed by atoms with Crippen LogP contribution in [-0.4, -0.2) is 38.0 Å². The number of rotatable bonds is 18. The van der Waals surface area contributed by atoms with Crippen molar-refractivity contribution >= 4 is 5.91 Å². The summed E-state index contributed by atoms with van der Waals surface area (Å²) in [5.41, 5.74) is 0. The van der Waals surface area contributed by atoms with Gasteiger partial charge in [0.25, 0.3) is 0 Å². The summed E-state index contributed by atoms with van der Waals surface area (Å²) in [6.07, 6.45) is 29.6. The van der Waals surface area contributed by atoms with E-state index in [1.807, 2.05) is 0 Å². The molecule has 0 bridgehead atoms. The van der Waals surface area contributed by atoms with Gasteiger partial charge >= 0.3 is 0 Å². The third-order valence-electron chi connectivity index (χ3n) is 4.34. The van der Waals surface area contributed by atoms with Gasteiger partial charge in [0.05, 0.1) is 0 Å². The average molecular weight is 389 g/mol. The van der Waals surface area contributed by atoms with Gasteiger partial charge in [0.15, 0.2) is 0 Å². The molecular weight excluding hydrogens is 344 g/mol. The second-order valence-corrected chi connectivity index (χ2v) is 7.49. The average Bonchev–Trinajstić information content (AvgIpc) is 2.67. The van der Waals surface area contributed by atoms with E-state index in [1.165, 1.54) is 25.7 Å². The predicted molar refractivity (Wildman–Crippen MR) is 125 cm³/mol. The highest BCUT2D eigenvalue weighted by Gasteiger charge is 1.99. The monoisotopic (exact) mass is 388 g/mol. The molecule has 0 aliphatic carbocycles. The van der Waals surface area contributed by atoms with Gasteiger partial charge in [-0.3, -0.25) is 4.79 Å². The van der Waals surface area contributed by atoms with Crippen molar-refractivity contribution in [1.82, 2.24) is 10.2 Å². The zero-order chi connectivity index (χ0) is 20.7. The summed E-state index contributed by atoms with van der Waals surface area (Å²) in [7, 11) is 4.10. The summed E-state index contributed by atoms with van der Waals surface area (Å²) >= 11 is 0. The molecule has 0 aromatic heterocycles. The first-order chi connectivity index (χ1) is 13.7. The third kappa shape index (κ3) is 22.4. The fourth-order valence-corrected chi connectivity index (χ4v) is 2.65. The Morgan fingerprint density at radius 1 is 0.750 bits per heavy atom. The van der Waals surface area contributed by atoms with E-state index >= 15 is 0 Å². The van der Waals surface area contributed by atoms with Crippen LogP contribution in [0, 0.1) is 0 Å². The van der Waals surface area contributed by atoms with Crippen molar-refractivity contribution < 1.29 is 4.79 Å². The van der Waals surface area contributed by atoms with Gasteiger partial charge in [0.1, 0.15) is 0 Å². The van der Waals surface area contributed by atoms with Crippen LogP contribution in [0.25, 0.3) is 0 Å². The van der Waals surface area contributed by atoms with Crippen molar-refractivity contribution in [3.8, 4) is 0 Å². The molecule has 0 aromatic carbocycles. The van der Waals surface area contributed by atoms with E-state index in [9.17, 15) is 4.79 Å². The largest absolute Gasteiger partial charge is 0.356 e. The number of amides is 1. The number of nitrogens with one attached hydrogen (secondary N) is 1. The lowest BCUT2D eigenvalue weighted by Gasteiger charge is -2.09. The Morgan fingerprint density at radius 3 is 1.82 bits per heavy atom. The number of carbonyl (C=O) groups is 1. The van der Waals surface area contributed by atoms with Crippen LogP contribution in [0.2, 0.25) is 0 Å². The summed E-state index contributed by atoms with van der Waals surface area (Å²) in [6, 6.07) is 0. The molecule has 0 aliphatic heterocycles. The minimum Gasteiger partial charge on any atom is -0.356 e. The van der Waals surface area contributed by atoms with E-state index in [2.05, 4.69) is 79.8 Å². The lowest BCUT2D eigenvalue weighted by Crippen LogP contribution is -2.26. The van der Waals surface area contributed by atoms with E-state index in [1.54, 1.807) is 0 Å². The Kier molecular flexibility index (Phi) is 20.4. The molecule has 0 rings (SSSR count). The highest BCUT2D eigenvalue weighted by molar-refractivity contribution is 5.75. The number of allylic oxidation sites excluding steroid dienone is 8. The Balaban J connectivity index is 3.46. The van der Waals surface area contributed by atoms with Crippen LogP contribution in [0.15, 0.2) is 48.6 Å². The molecule has 1 amide bonds. The lowest BCUT2D eigenvalue weighted by molar-refractivity contribution is -0.121. The number of hydrogen-bond acceptors (Lipinski definition) is 2. The molecular formula is C25H44N2O. The van der Waals surface area contributed by atoms with Gasteiger partial charge in [-0.2, -0.15) is 0 Å². The molecule has 0 spiro atoms. The fraction of sp³-hybridized carbons (Fsp3) is 0.640. The van der Waals surface area contributed by atoms with Crippen LogP contribution in [0.1, 0.15) is 77.6 Å². The van der Waals surface area contributed by atoms with E-state index < -0.39 is 0 Å². The Labute approximate surface area is 174 Å². The number of carbonyl (C=O) groups excluding carboxylic acids is 1. The van der Waals surface area contributed by atoms with E-state index in [0.29, 0.717) is 6.42 Å². The van der Waals surface area contributed by atoms with Crippen molar-refractivity contribution in [3.63, 3.8) is 0 Å². The minimum atomic E-state index is 0.176. The number of hydrogen-bond donors (Lipinski definition) is 1. The minimum absolute atomic E-state index is 0.176. The molecule has 0 aliphatic rings. The van der Waals surface area contributed by atoms with Gasteiger partial charge in [-0.15, -0.1) is 0 Å². The Morgan fingerprint density at radius 2 is 1.29 bits per heavy atom. The number of nitrogens with zero attached hydrogens (tertiary/aromatic N) is 1. The first kappa shape index (κ1) is 26.4. The molecule has 28 heavy (non-hydrogen) atoms. The molecule has 1 N–H and O–H groups in total. The standard InChI is InChI=1S/C25H44N2O/c1-4-5-6-7-8-9-10-11-12-13-14-15-16-17-18-19-20-22-25(28)26-23-21-24-27(2)3/h8-9,11-12,14-15,17-18H,4-7,10,13,16,19-24H2,1-3H3,(H,26,28). The number of unbranched alkanes of at least 4 members (excludes halogenated alkanes) is 4. The van der Waals surface area contributed by atoms with Crippen LogP contribution in [0.3, 0.4) is 0 Å². The maximum atomic E-state index is 11.7. The van der Waals surface area contributed by atoms with Crippen molar-refractivity contribution in [1.29, 1.82) is 0 Å². The van der Waals surface area contributed by atoms with Gasteiger partial charge in [-0.1, -0.05) is 68.4 Å². The van der Waals surface area contributed by atoms with Crippen LogP contribution < -0.4 is 5.32 Å². The molecule has 0 heterocycles. The van der Waals surface area contributed by atoms with Crippen molar-refractivity contribution in [2.24, 2.45) is 0 Å². The maximum Gasteiger partial charge on any atom is 0.220 e. The van der Waals surface area contributed by atoms with Crippen molar-refractivity contribution in [3.05, 3.63) is 48.6 Å². The normalized spacial score (nSPS) is 12.4. The van der Waals surface area contributed by atoms with Crippen LogP contribution in [0.5, 0.6) is 0 Å². The molecule has 0 unspecified atom stereocenters. The molecule has 0 aromatic rings. The first-order valence-corrected chi connectivity index (χ1v) is 11.2. The van der Waals surface area contributed by atoms with Crippen LogP contribution in [0.4, 0.5) is 0 Å². The topological polar surface area (TPSA) is 32.3 Å². The van der Waals surface area contributed by atoms with Crippen LogP contribution >= 0.6 is 0 Å². The summed E-state index contributed by atoms with van der Waals surface area (Å²) in [6.45, 7) is 4.04. The van der Waals surface area contributed by atoms with Crippen molar-refractivity contribution in [2.45, 2.75) is 77.6 Å². The zero-order valence-electron chi connectivity index (χ0n) is 18.7. The first-order valence-electron chi connectivity index (χ1n) is 11.2. The second kappa shape index (κ2) is 21.7. The second-order valence-electron chi connectivity index (χ2n) is 7.49. The Bertz CT molecular complexity index is 461. The molecule has 0 radical (unpaired) electrons. The highest BCUT2D eigenvalue weighted by Crippen LogP contribution is 2.01. The molecule has 160 valence electrons. The summed E-state index contributed by atoms with van der Waals surface area (Å²) < 4.78 is 0. The molecule has 0 saturated heterocycles. The van der Waals surface area contributed by atoms with E-state index in [0.717, 1.165) is 51.6 Å². The summed E-state index contributed by atoms with van der Waals surface area (Å²) in [5, 5.41) is 2.98. The molecule has 3 heteroatoms. The third-order valence-corrected chi connectivity index (χ3v) is 4.34. The zero-order valence-corrected chi connectivity index (χ0v) is 18.7. The maximum absolute atomic E-state index is 11.7. The molecule has 0 atom stereocenters. The quantitative estimate of drug-likeness (QED) is 0.224. The smallest absolute Gasteiger partial charge is 0.220 e. The van der Waals surface area contributed by atoms with Crippen LogP contribution in [-0.2, 0) is 4.79 Å². The van der Waals surface area contributed by atoms with E-state index in [-0.39, 0.29) is 5.91 Å². The van der Waals surface area contributed by atoms with Gasteiger partial charge < -0.3 is 10.2 Å². The molecule has 3 nitrogen and oxygen atoms in total. The fourth-order valence-electron chi connectivity index (χ4n) is 2.65.